The van der Waals surface area contributed by atoms with Gasteiger partial charge in [0.15, 0.2) is 5.78 Å². The minimum atomic E-state index is -0.453. The SMILES string of the molecule is CCOC(=O)c1[nH]c(C)c(C(=O)/C=C/c2ccccc2OC)c1C. The Morgan fingerprint density at radius 3 is 2.58 bits per heavy atom. The first-order valence-electron chi connectivity index (χ1n) is 7.71. The molecule has 0 fully saturated rings. The van der Waals surface area contributed by atoms with Crippen LogP contribution in [0, 0.1) is 13.8 Å². The predicted molar refractivity (Wildman–Crippen MR) is 92.6 cm³/mol. The van der Waals surface area contributed by atoms with E-state index in [4.69, 9.17) is 9.47 Å². The van der Waals surface area contributed by atoms with Gasteiger partial charge in [-0.25, -0.2) is 4.79 Å². The van der Waals surface area contributed by atoms with Gasteiger partial charge in [-0.2, -0.15) is 0 Å². The number of H-pyrrole nitrogens is 1. The molecule has 0 spiro atoms. The monoisotopic (exact) mass is 327 g/mol. The summed E-state index contributed by atoms with van der Waals surface area (Å²) >= 11 is 0. The molecule has 0 aliphatic heterocycles. The van der Waals surface area contributed by atoms with Crippen molar-refractivity contribution >= 4 is 17.8 Å². The van der Waals surface area contributed by atoms with Crippen LogP contribution in [0.5, 0.6) is 5.75 Å². The van der Waals surface area contributed by atoms with Crippen molar-refractivity contribution in [2.45, 2.75) is 20.8 Å². The average molecular weight is 327 g/mol. The maximum atomic E-state index is 12.6. The zero-order valence-corrected chi connectivity index (χ0v) is 14.3. The summed E-state index contributed by atoms with van der Waals surface area (Å²) in [6.07, 6.45) is 3.19. The number of aromatic nitrogens is 1. The lowest BCUT2D eigenvalue weighted by atomic mass is 10.0. The summed E-state index contributed by atoms with van der Waals surface area (Å²) in [5.74, 6) is 0.0600. The molecule has 5 nitrogen and oxygen atoms in total. The van der Waals surface area contributed by atoms with Crippen LogP contribution in [0.3, 0.4) is 0 Å². The number of methoxy groups -OCH3 is 1. The molecule has 5 heteroatoms. The number of ether oxygens (including phenoxy) is 2. The van der Waals surface area contributed by atoms with Crippen LogP contribution in [0.4, 0.5) is 0 Å². The molecular weight excluding hydrogens is 306 g/mol. The normalized spacial score (nSPS) is 10.8. The first-order valence-corrected chi connectivity index (χ1v) is 7.71. The van der Waals surface area contributed by atoms with Gasteiger partial charge in [0, 0.05) is 16.8 Å². The number of benzene rings is 1. The van der Waals surface area contributed by atoms with Gasteiger partial charge in [-0.1, -0.05) is 18.2 Å². The molecule has 2 aromatic rings. The van der Waals surface area contributed by atoms with E-state index < -0.39 is 5.97 Å². The third-order valence-electron chi connectivity index (χ3n) is 3.72. The Labute approximate surface area is 141 Å². The Kier molecular flexibility index (Phi) is 5.58. The fourth-order valence-electron chi connectivity index (χ4n) is 2.58. The summed E-state index contributed by atoms with van der Waals surface area (Å²) in [5, 5.41) is 0. The summed E-state index contributed by atoms with van der Waals surface area (Å²) in [4.78, 5) is 27.4. The Morgan fingerprint density at radius 1 is 1.21 bits per heavy atom. The molecule has 2 rings (SSSR count). The van der Waals surface area contributed by atoms with E-state index in [2.05, 4.69) is 4.98 Å². The smallest absolute Gasteiger partial charge is 0.355 e. The van der Waals surface area contributed by atoms with Gasteiger partial charge in [0.1, 0.15) is 11.4 Å². The summed E-state index contributed by atoms with van der Waals surface area (Å²) < 4.78 is 10.3. The average Bonchev–Trinajstić information content (AvgIpc) is 2.88. The van der Waals surface area contributed by atoms with Crippen LogP contribution in [0.2, 0.25) is 0 Å². The van der Waals surface area contributed by atoms with Crippen molar-refractivity contribution in [1.29, 1.82) is 0 Å². The second-order valence-corrected chi connectivity index (χ2v) is 5.29. The standard InChI is InChI=1S/C19H21NO4/c1-5-24-19(22)18-12(2)17(13(3)20-18)15(21)11-10-14-8-6-7-9-16(14)23-4/h6-11,20H,5H2,1-4H3/b11-10+. The molecule has 0 saturated heterocycles. The minimum absolute atomic E-state index is 0.178. The van der Waals surface area contributed by atoms with Gasteiger partial charge in [0.2, 0.25) is 0 Å². The number of para-hydroxylation sites is 1. The lowest BCUT2D eigenvalue weighted by Crippen LogP contribution is -2.07. The zero-order valence-electron chi connectivity index (χ0n) is 14.3. The van der Waals surface area contributed by atoms with E-state index in [-0.39, 0.29) is 12.4 Å². The van der Waals surface area contributed by atoms with Crippen LogP contribution >= 0.6 is 0 Å². The summed E-state index contributed by atoms with van der Waals surface area (Å²) in [5.41, 5.74) is 2.86. The molecule has 1 aromatic carbocycles. The summed E-state index contributed by atoms with van der Waals surface area (Å²) in [6.45, 7) is 5.53. The quantitative estimate of drug-likeness (QED) is 0.499. The van der Waals surface area contributed by atoms with E-state index in [9.17, 15) is 9.59 Å². The van der Waals surface area contributed by atoms with Crippen molar-refractivity contribution in [1.82, 2.24) is 4.98 Å². The van der Waals surface area contributed by atoms with E-state index in [1.807, 2.05) is 24.3 Å². The number of aromatic amines is 1. The maximum Gasteiger partial charge on any atom is 0.355 e. The molecule has 0 bridgehead atoms. The first kappa shape index (κ1) is 17.5. The topological polar surface area (TPSA) is 68.4 Å². The van der Waals surface area contributed by atoms with Gasteiger partial charge >= 0.3 is 5.97 Å². The third kappa shape index (κ3) is 3.56. The number of aryl methyl sites for hydroxylation is 1. The molecule has 0 amide bonds. The van der Waals surface area contributed by atoms with Gasteiger partial charge in [-0.3, -0.25) is 4.79 Å². The van der Waals surface area contributed by atoms with Crippen molar-refractivity contribution < 1.29 is 19.1 Å². The predicted octanol–water partition coefficient (Wildman–Crippen LogP) is 3.71. The lowest BCUT2D eigenvalue weighted by Gasteiger charge is -2.03. The fourth-order valence-corrected chi connectivity index (χ4v) is 2.58. The molecule has 126 valence electrons. The number of allylic oxidation sites excluding steroid dienone is 1. The van der Waals surface area contributed by atoms with Crippen molar-refractivity contribution in [2.24, 2.45) is 0 Å². The van der Waals surface area contributed by atoms with Crippen molar-refractivity contribution in [3.05, 3.63) is 58.4 Å². The first-order chi connectivity index (χ1) is 11.5. The zero-order chi connectivity index (χ0) is 17.7. The summed E-state index contributed by atoms with van der Waals surface area (Å²) in [6, 6.07) is 7.43. The van der Waals surface area contributed by atoms with Crippen LogP contribution < -0.4 is 4.74 Å². The number of carbonyl (C=O) groups is 2. The molecule has 0 aliphatic carbocycles. The molecule has 0 radical (unpaired) electrons. The van der Waals surface area contributed by atoms with E-state index in [0.29, 0.717) is 28.3 Å². The Hall–Kier alpha value is -2.82. The highest BCUT2D eigenvalue weighted by Crippen LogP contribution is 2.22. The van der Waals surface area contributed by atoms with Crippen LogP contribution in [-0.4, -0.2) is 30.5 Å². The molecule has 0 aliphatic rings. The van der Waals surface area contributed by atoms with Gasteiger partial charge in [-0.15, -0.1) is 0 Å². The van der Waals surface area contributed by atoms with Crippen molar-refractivity contribution in [3.63, 3.8) is 0 Å². The van der Waals surface area contributed by atoms with Gasteiger partial charge in [0.05, 0.1) is 13.7 Å². The Bertz CT molecular complexity index is 787. The molecule has 0 atom stereocenters. The minimum Gasteiger partial charge on any atom is -0.496 e. The highest BCUT2D eigenvalue weighted by atomic mass is 16.5. The fraction of sp³-hybridized carbons (Fsp3) is 0.263. The van der Waals surface area contributed by atoms with E-state index in [0.717, 1.165) is 5.56 Å². The number of rotatable bonds is 6. The molecule has 1 aromatic heterocycles. The van der Waals surface area contributed by atoms with Crippen LogP contribution in [-0.2, 0) is 4.74 Å². The highest BCUT2D eigenvalue weighted by Gasteiger charge is 2.21. The number of ketones is 1. The lowest BCUT2D eigenvalue weighted by molar-refractivity contribution is 0.0519. The van der Waals surface area contributed by atoms with E-state index in [1.54, 1.807) is 34.0 Å². The number of carbonyl (C=O) groups excluding carboxylic acids is 2. The molecule has 0 saturated carbocycles. The number of esters is 1. The van der Waals surface area contributed by atoms with Gasteiger partial charge in [-0.05, 0) is 44.6 Å². The van der Waals surface area contributed by atoms with Gasteiger partial charge < -0.3 is 14.5 Å². The molecule has 0 unspecified atom stereocenters. The van der Waals surface area contributed by atoms with Crippen LogP contribution in [0.25, 0.3) is 6.08 Å². The largest absolute Gasteiger partial charge is 0.496 e. The highest BCUT2D eigenvalue weighted by molar-refractivity contribution is 6.10. The van der Waals surface area contributed by atoms with E-state index in [1.165, 1.54) is 6.08 Å². The number of hydrogen-bond donors (Lipinski definition) is 1. The van der Waals surface area contributed by atoms with E-state index >= 15 is 0 Å². The Balaban J connectivity index is 2.30. The maximum absolute atomic E-state index is 12.6. The number of nitrogens with one attached hydrogen (secondary N) is 1. The Morgan fingerprint density at radius 2 is 1.92 bits per heavy atom. The second-order valence-electron chi connectivity index (χ2n) is 5.29. The summed E-state index contributed by atoms with van der Waals surface area (Å²) in [7, 11) is 1.58. The molecule has 1 heterocycles. The van der Waals surface area contributed by atoms with Crippen molar-refractivity contribution in [2.75, 3.05) is 13.7 Å². The third-order valence-corrected chi connectivity index (χ3v) is 3.72. The van der Waals surface area contributed by atoms with Gasteiger partial charge in [0.25, 0.3) is 0 Å². The number of hydrogen-bond acceptors (Lipinski definition) is 4. The molecule has 1 N–H and O–H groups in total. The second kappa shape index (κ2) is 7.64. The van der Waals surface area contributed by atoms with Crippen molar-refractivity contribution in [3.8, 4) is 5.75 Å². The van der Waals surface area contributed by atoms with Crippen LogP contribution in [0.15, 0.2) is 30.3 Å². The molecular formula is C19H21NO4. The molecule has 24 heavy (non-hydrogen) atoms. The van der Waals surface area contributed by atoms with Crippen LogP contribution in [0.1, 0.15) is 44.6 Å².